The lowest BCUT2D eigenvalue weighted by atomic mass is 9.92. The van der Waals surface area contributed by atoms with E-state index >= 15 is 0 Å². The predicted molar refractivity (Wildman–Crippen MR) is 133 cm³/mol. The molecule has 3 aliphatic heterocycles. The van der Waals surface area contributed by atoms with Gasteiger partial charge in [-0.1, -0.05) is 18.2 Å². The summed E-state index contributed by atoms with van der Waals surface area (Å²) in [4.78, 5) is 28.0. The van der Waals surface area contributed by atoms with Crippen LogP contribution in [0.15, 0.2) is 36.5 Å². The minimum absolute atomic E-state index is 0.157. The molecule has 5 rings (SSSR count). The van der Waals surface area contributed by atoms with Gasteiger partial charge in [-0.2, -0.15) is 0 Å². The number of nitrogens with two attached hydrogens (primary N) is 1. The van der Waals surface area contributed by atoms with Crippen LogP contribution in [0, 0.1) is 12.5 Å². The van der Waals surface area contributed by atoms with Crippen LogP contribution in [0.4, 0.5) is 11.5 Å². The van der Waals surface area contributed by atoms with Gasteiger partial charge in [0.25, 0.3) is 0 Å². The molecule has 178 valence electrons. The second-order valence-electron chi connectivity index (χ2n) is 9.98. The fourth-order valence-electron chi connectivity index (χ4n) is 5.85. The van der Waals surface area contributed by atoms with Crippen molar-refractivity contribution in [2.24, 2.45) is 5.92 Å². The van der Waals surface area contributed by atoms with Crippen LogP contribution >= 0.6 is 0 Å². The highest BCUT2D eigenvalue weighted by Gasteiger charge is 2.33. The first-order valence-electron chi connectivity index (χ1n) is 12.5. The summed E-state index contributed by atoms with van der Waals surface area (Å²) in [6, 6.07) is 10.6. The first kappa shape index (κ1) is 22.8. The summed E-state index contributed by atoms with van der Waals surface area (Å²) in [5.41, 5.74) is 10.4. The van der Waals surface area contributed by atoms with E-state index < -0.39 is 0 Å². The van der Waals surface area contributed by atoms with Crippen LogP contribution in [-0.2, 0) is 24.3 Å². The Kier molecular flexibility index (Phi) is 6.80. The fraction of sp³-hybridized carbons (Fsp3) is 0.519. The van der Waals surface area contributed by atoms with E-state index in [2.05, 4.69) is 36.7 Å². The van der Waals surface area contributed by atoms with Crippen LogP contribution in [0.5, 0.6) is 0 Å². The number of amides is 1. The van der Waals surface area contributed by atoms with Crippen molar-refractivity contribution >= 4 is 17.4 Å². The molecule has 0 unspecified atom stereocenters. The van der Waals surface area contributed by atoms with Gasteiger partial charge in [0.05, 0.1) is 6.57 Å². The molecule has 1 aromatic carbocycles. The zero-order valence-corrected chi connectivity index (χ0v) is 19.8. The Bertz CT molecular complexity index is 1060. The lowest BCUT2D eigenvalue weighted by Crippen LogP contribution is -2.50. The van der Waals surface area contributed by atoms with Gasteiger partial charge in [-0.15, -0.1) is 0 Å². The number of aromatic nitrogens is 1. The summed E-state index contributed by atoms with van der Waals surface area (Å²) in [7, 11) is 0. The molecule has 0 saturated carbocycles. The zero-order chi connectivity index (χ0) is 23.5. The fourth-order valence-corrected chi connectivity index (χ4v) is 5.85. The topological polar surface area (TPSA) is 70.1 Å². The average molecular weight is 459 g/mol. The van der Waals surface area contributed by atoms with Crippen molar-refractivity contribution in [2.75, 3.05) is 38.5 Å². The molecular formula is C27H34N6O. The Morgan fingerprint density at radius 1 is 1.03 bits per heavy atom. The molecule has 1 amide bonds. The number of pyridine rings is 1. The number of carbonyl (C=O) groups is 1. The number of carbonyl (C=O) groups excluding carboxylic acids is 1. The first-order chi connectivity index (χ1) is 16.6. The lowest BCUT2D eigenvalue weighted by molar-refractivity contribution is -0.138. The molecule has 2 aromatic rings. The van der Waals surface area contributed by atoms with E-state index in [1.54, 1.807) is 6.20 Å². The maximum atomic E-state index is 13.2. The van der Waals surface area contributed by atoms with Gasteiger partial charge in [0.2, 0.25) is 5.91 Å². The molecule has 0 radical (unpaired) electrons. The maximum absolute atomic E-state index is 13.2. The highest BCUT2D eigenvalue weighted by Crippen LogP contribution is 2.29. The largest absolute Gasteiger partial charge is 0.384 e. The van der Waals surface area contributed by atoms with Crippen LogP contribution < -0.4 is 5.73 Å². The molecule has 7 heteroatoms. The van der Waals surface area contributed by atoms with Gasteiger partial charge in [0.15, 0.2) is 5.69 Å². The molecule has 2 N–H and O–H groups in total. The SMILES string of the molecule is [C-]#[N+]c1ccc2c(c1)CN(C1CCN(C(=O)C3CCN(Cc4ccnc(N)c4)CC3)CC1)CC2. The van der Waals surface area contributed by atoms with E-state index in [9.17, 15) is 4.79 Å². The van der Waals surface area contributed by atoms with Crippen LogP contribution in [-0.4, -0.2) is 64.4 Å². The number of nitrogen functional groups attached to an aromatic ring is 1. The summed E-state index contributed by atoms with van der Waals surface area (Å²) in [6.45, 7) is 13.8. The maximum Gasteiger partial charge on any atom is 0.225 e. The van der Waals surface area contributed by atoms with Crippen molar-refractivity contribution in [1.29, 1.82) is 0 Å². The zero-order valence-electron chi connectivity index (χ0n) is 19.8. The predicted octanol–water partition coefficient (Wildman–Crippen LogP) is 3.48. The van der Waals surface area contributed by atoms with Crippen molar-refractivity contribution < 1.29 is 4.79 Å². The summed E-state index contributed by atoms with van der Waals surface area (Å²) in [5, 5.41) is 0. The van der Waals surface area contributed by atoms with Gasteiger partial charge in [0, 0.05) is 50.9 Å². The highest BCUT2D eigenvalue weighted by atomic mass is 16.2. The summed E-state index contributed by atoms with van der Waals surface area (Å²) in [5.74, 6) is 1.08. The number of benzene rings is 1. The smallest absolute Gasteiger partial charge is 0.225 e. The summed E-state index contributed by atoms with van der Waals surface area (Å²) >= 11 is 0. The molecule has 3 aliphatic rings. The molecule has 2 fully saturated rings. The molecule has 0 bridgehead atoms. The second kappa shape index (κ2) is 10.1. The number of hydrogen-bond donors (Lipinski definition) is 1. The molecule has 4 heterocycles. The number of anilines is 1. The minimum Gasteiger partial charge on any atom is -0.384 e. The third-order valence-electron chi connectivity index (χ3n) is 7.84. The third kappa shape index (κ3) is 5.08. The molecular weight excluding hydrogens is 424 g/mol. The van der Waals surface area contributed by atoms with E-state index in [-0.39, 0.29) is 5.92 Å². The van der Waals surface area contributed by atoms with Crippen LogP contribution in [0.25, 0.3) is 4.85 Å². The molecule has 34 heavy (non-hydrogen) atoms. The van der Waals surface area contributed by atoms with Gasteiger partial charge < -0.3 is 10.6 Å². The highest BCUT2D eigenvalue weighted by molar-refractivity contribution is 5.79. The van der Waals surface area contributed by atoms with Gasteiger partial charge in [-0.25, -0.2) is 9.83 Å². The number of hydrogen-bond acceptors (Lipinski definition) is 5. The molecule has 0 aliphatic carbocycles. The molecule has 0 atom stereocenters. The molecule has 7 nitrogen and oxygen atoms in total. The Morgan fingerprint density at radius 2 is 1.82 bits per heavy atom. The van der Waals surface area contributed by atoms with Crippen molar-refractivity contribution in [3.8, 4) is 0 Å². The third-order valence-corrected chi connectivity index (χ3v) is 7.84. The van der Waals surface area contributed by atoms with E-state index in [1.165, 1.54) is 16.7 Å². The number of rotatable bonds is 4. The summed E-state index contributed by atoms with van der Waals surface area (Å²) < 4.78 is 0. The van der Waals surface area contributed by atoms with Crippen LogP contribution in [0.3, 0.4) is 0 Å². The Labute approximate surface area is 202 Å². The number of likely N-dealkylation sites (tertiary alicyclic amines) is 2. The van der Waals surface area contributed by atoms with Crippen molar-refractivity contribution in [3.05, 3.63) is 64.6 Å². The number of piperidine rings is 2. The van der Waals surface area contributed by atoms with E-state index in [0.29, 0.717) is 17.8 Å². The monoisotopic (exact) mass is 458 g/mol. The van der Waals surface area contributed by atoms with Gasteiger partial charge in [-0.05, 0) is 74.0 Å². The number of fused-ring (bicyclic) bond motifs is 1. The Morgan fingerprint density at radius 3 is 2.56 bits per heavy atom. The van der Waals surface area contributed by atoms with Crippen molar-refractivity contribution in [2.45, 2.75) is 51.2 Å². The minimum atomic E-state index is 0.157. The normalized spacial score (nSPS) is 20.6. The van der Waals surface area contributed by atoms with E-state index in [4.69, 9.17) is 12.3 Å². The Hall–Kier alpha value is -2.95. The standard InChI is InChI=1S/C27H34N6O/c1-29-24-3-2-21-7-13-33(19-23(21)17-24)25-8-14-32(15-9-25)27(34)22-5-11-31(12-6-22)18-20-4-10-30-26(28)16-20/h2-4,10,16-17,22,25H,5-9,11-15,18-19H2,(H2,28,30). The molecule has 2 saturated heterocycles. The average Bonchev–Trinajstić information content (AvgIpc) is 2.88. The van der Waals surface area contributed by atoms with Gasteiger partial charge in [-0.3, -0.25) is 14.6 Å². The number of nitrogens with zero attached hydrogens (tertiary/aromatic N) is 5. The second-order valence-corrected chi connectivity index (χ2v) is 9.98. The Balaban J connectivity index is 1.09. The molecule has 0 spiro atoms. The quantitative estimate of drug-likeness (QED) is 0.711. The lowest BCUT2D eigenvalue weighted by Gasteiger charge is -2.42. The van der Waals surface area contributed by atoms with Crippen LogP contribution in [0.2, 0.25) is 0 Å². The van der Waals surface area contributed by atoms with Gasteiger partial charge >= 0.3 is 0 Å². The summed E-state index contributed by atoms with van der Waals surface area (Å²) in [6.07, 6.45) is 6.78. The van der Waals surface area contributed by atoms with Crippen LogP contribution in [0.1, 0.15) is 42.4 Å². The van der Waals surface area contributed by atoms with Crippen molar-refractivity contribution in [3.63, 3.8) is 0 Å². The van der Waals surface area contributed by atoms with Crippen molar-refractivity contribution in [1.82, 2.24) is 19.7 Å². The molecule has 1 aromatic heterocycles. The van der Waals surface area contributed by atoms with E-state index in [1.807, 2.05) is 18.2 Å². The first-order valence-corrected chi connectivity index (χ1v) is 12.5. The van der Waals surface area contributed by atoms with Gasteiger partial charge in [0.1, 0.15) is 5.82 Å². The van der Waals surface area contributed by atoms with E-state index in [0.717, 1.165) is 83.6 Å².